The summed E-state index contributed by atoms with van der Waals surface area (Å²) in [5, 5.41) is 9.67. The Morgan fingerprint density at radius 3 is 2.71 bits per heavy atom. The molecule has 1 saturated heterocycles. The Morgan fingerprint density at radius 2 is 2.10 bits per heavy atom. The highest BCUT2D eigenvalue weighted by Crippen LogP contribution is 2.30. The summed E-state index contributed by atoms with van der Waals surface area (Å²) < 4.78 is 5.69. The quantitative estimate of drug-likeness (QED) is 0.834. The maximum absolute atomic E-state index is 9.67. The average molecular weight is 287 g/mol. The molecule has 4 nitrogen and oxygen atoms in total. The second-order valence-electron chi connectivity index (χ2n) is 5.48. The van der Waals surface area contributed by atoms with E-state index >= 15 is 0 Å². The third-order valence-corrected chi connectivity index (χ3v) is 4.20. The van der Waals surface area contributed by atoms with Crippen LogP contribution in [0.5, 0.6) is 5.75 Å². The Labute approximate surface area is 127 Å². The van der Waals surface area contributed by atoms with Gasteiger partial charge >= 0.3 is 0 Å². The number of piperazine rings is 1. The van der Waals surface area contributed by atoms with Gasteiger partial charge in [0, 0.05) is 31.2 Å². The number of benzene rings is 1. The van der Waals surface area contributed by atoms with E-state index in [4.69, 9.17) is 4.74 Å². The van der Waals surface area contributed by atoms with Crippen molar-refractivity contribution in [1.29, 1.82) is 5.26 Å². The molecule has 0 N–H and O–H groups in total. The molecule has 0 saturated carbocycles. The summed E-state index contributed by atoms with van der Waals surface area (Å²) in [6, 6.07) is 10.6. The van der Waals surface area contributed by atoms with Crippen molar-refractivity contribution in [2.45, 2.75) is 32.9 Å². The molecule has 1 aromatic rings. The van der Waals surface area contributed by atoms with Gasteiger partial charge in [-0.1, -0.05) is 25.1 Å². The van der Waals surface area contributed by atoms with Gasteiger partial charge in [0.25, 0.3) is 0 Å². The first-order chi connectivity index (χ1) is 10.2. The third-order valence-electron chi connectivity index (χ3n) is 4.20. The van der Waals surface area contributed by atoms with Crippen LogP contribution >= 0.6 is 0 Å². The lowest BCUT2D eigenvalue weighted by molar-refractivity contribution is 0.0722. The van der Waals surface area contributed by atoms with E-state index in [0.29, 0.717) is 12.6 Å². The molecule has 0 aliphatic carbocycles. The van der Waals surface area contributed by atoms with E-state index in [2.05, 4.69) is 29.7 Å². The van der Waals surface area contributed by atoms with Crippen molar-refractivity contribution in [3.8, 4) is 11.8 Å². The van der Waals surface area contributed by atoms with Crippen LogP contribution in [0, 0.1) is 11.3 Å². The highest BCUT2D eigenvalue weighted by atomic mass is 16.5. The summed E-state index contributed by atoms with van der Waals surface area (Å²) >= 11 is 0. The van der Waals surface area contributed by atoms with Gasteiger partial charge in [-0.3, -0.25) is 9.80 Å². The van der Waals surface area contributed by atoms with Crippen molar-refractivity contribution in [1.82, 2.24) is 9.80 Å². The topological polar surface area (TPSA) is 39.5 Å². The molecule has 0 bridgehead atoms. The first kappa shape index (κ1) is 15.8. The number of nitriles is 1. The maximum Gasteiger partial charge on any atom is 0.127 e. The fourth-order valence-electron chi connectivity index (χ4n) is 3.07. The van der Waals surface area contributed by atoms with Gasteiger partial charge in [0.2, 0.25) is 0 Å². The van der Waals surface area contributed by atoms with Gasteiger partial charge in [0.05, 0.1) is 12.7 Å². The zero-order chi connectivity index (χ0) is 15.2. The van der Waals surface area contributed by atoms with E-state index in [-0.39, 0.29) is 6.04 Å². The predicted molar refractivity (Wildman–Crippen MR) is 84.2 cm³/mol. The second kappa shape index (κ2) is 7.44. The number of nitrogens with zero attached hydrogens (tertiary/aromatic N) is 3. The van der Waals surface area contributed by atoms with Gasteiger partial charge in [-0.2, -0.15) is 5.26 Å². The van der Waals surface area contributed by atoms with Gasteiger partial charge in [-0.05, 0) is 26.5 Å². The SMILES string of the molecule is CCOc1ccccc1C(C#N)N1CCN(CC)C(C)C1. The Morgan fingerprint density at radius 1 is 1.33 bits per heavy atom. The zero-order valence-electron chi connectivity index (χ0n) is 13.2. The molecular weight excluding hydrogens is 262 g/mol. The van der Waals surface area contributed by atoms with Crippen LogP contribution in [-0.4, -0.2) is 48.6 Å². The standard InChI is InChI=1S/C17H25N3O/c1-4-19-10-11-20(13-14(19)3)16(12-18)15-8-6-7-9-17(15)21-5-2/h6-9,14,16H,4-5,10-11,13H2,1-3H3. The highest BCUT2D eigenvalue weighted by molar-refractivity contribution is 5.38. The minimum Gasteiger partial charge on any atom is -0.493 e. The number of rotatable bonds is 5. The lowest BCUT2D eigenvalue weighted by Gasteiger charge is -2.41. The Bertz CT molecular complexity index is 497. The van der Waals surface area contributed by atoms with Crippen LogP contribution in [0.15, 0.2) is 24.3 Å². The Balaban J connectivity index is 2.19. The molecule has 1 aliphatic heterocycles. The molecule has 21 heavy (non-hydrogen) atoms. The number of hydrogen-bond donors (Lipinski definition) is 0. The van der Waals surface area contributed by atoms with Gasteiger partial charge in [-0.25, -0.2) is 0 Å². The Hall–Kier alpha value is -1.57. The molecule has 0 amide bonds. The first-order valence-corrected chi connectivity index (χ1v) is 7.80. The van der Waals surface area contributed by atoms with Crippen LogP contribution in [0.25, 0.3) is 0 Å². The summed E-state index contributed by atoms with van der Waals surface area (Å²) in [4.78, 5) is 4.73. The molecule has 114 valence electrons. The smallest absolute Gasteiger partial charge is 0.127 e. The van der Waals surface area contributed by atoms with Gasteiger partial charge in [-0.15, -0.1) is 0 Å². The number of likely N-dealkylation sites (N-methyl/N-ethyl adjacent to an activating group) is 1. The minimum absolute atomic E-state index is 0.228. The predicted octanol–water partition coefficient (Wildman–Crippen LogP) is 2.68. The molecule has 2 unspecified atom stereocenters. The fourth-order valence-corrected chi connectivity index (χ4v) is 3.07. The second-order valence-corrected chi connectivity index (χ2v) is 5.48. The van der Waals surface area contributed by atoms with E-state index in [0.717, 1.165) is 37.5 Å². The van der Waals surface area contributed by atoms with Crippen molar-refractivity contribution >= 4 is 0 Å². The van der Waals surface area contributed by atoms with E-state index in [1.165, 1.54) is 0 Å². The molecule has 2 rings (SSSR count). The van der Waals surface area contributed by atoms with Crippen LogP contribution in [0.3, 0.4) is 0 Å². The summed E-state index contributed by atoms with van der Waals surface area (Å²) in [6.45, 7) is 11.0. The zero-order valence-corrected chi connectivity index (χ0v) is 13.2. The van der Waals surface area contributed by atoms with Crippen molar-refractivity contribution in [2.75, 3.05) is 32.8 Å². The summed E-state index contributed by atoms with van der Waals surface area (Å²) in [6.07, 6.45) is 0. The lowest BCUT2D eigenvalue weighted by Crippen LogP contribution is -2.52. The van der Waals surface area contributed by atoms with Crippen molar-refractivity contribution in [3.63, 3.8) is 0 Å². The number of para-hydroxylation sites is 1. The van der Waals surface area contributed by atoms with Crippen LogP contribution in [0.2, 0.25) is 0 Å². The number of ether oxygens (including phenoxy) is 1. The number of hydrogen-bond acceptors (Lipinski definition) is 4. The molecule has 4 heteroatoms. The molecule has 2 atom stereocenters. The molecule has 0 aromatic heterocycles. The summed E-state index contributed by atoms with van der Waals surface area (Å²) in [5.41, 5.74) is 0.985. The molecule has 1 aromatic carbocycles. The van der Waals surface area contributed by atoms with Crippen LogP contribution in [-0.2, 0) is 0 Å². The van der Waals surface area contributed by atoms with Crippen molar-refractivity contribution < 1.29 is 4.74 Å². The summed E-state index contributed by atoms with van der Waals surface area (Å²) in [7, 11) is 0. The summed E-state index contributed by atoms with van der Waals surface area (Å²) in [5.74, 6) is 0.831. The molecule has 1 heterocycles. The van der Waals surface area contributed by atoms with Crippen LogP contribution < -0.4 is 4.74 Å². The van der Waals surface area contributed by atoms with E-state index in [1.54, 1.807) is 0 Å². The van der Waals surface area contributed by atoms with Gasteiger partial charge in [0.1, 0.15) is 11.8 Å². The van der Waals surface area contributed by atoms with E-state index < -0.39 is 0 Å². The fraction of sp³-hybridized carbons (Fsp3) is 0.588. The molecule has 0 radical (unpaired) electrons. The molecule has 1 aliphatic rings. The van der Waals surface area contributed by atoms with E-state index in [1.807, 2.05) is 31.2 Å². The lowest BCUT2D eigenvalue weighted by atomic mass is 10.0. The average Bonchev–Trinajstić information content (AvgIpc) is 2.50. The highest BCUT2D eigenvalue weighted by Gasteiger charge is 2.29. The molecule has 0 spiro atoms. The Kier molecular flexibility index (Phi) is 5.60. The van der Waals surface area contributed by atoms with E-state index in [9.17, 15) is 5.26 Å². The van der Waals surface area contributed by atoms with Crippen LogP contribution in [0.4, 0.5) is 0 Å². The van der Waals surface area contributed by atoms with Crippen molar-refractivity contribution in [3.05, 3.63) is 29.8 Å². The minimum atomic E-state index is -0.228. The molecule has 1 fully saturated rings. The van der Waals surface area contributed by atoms with Gasteiger partial charge < -0.3 is 4.74 Å². The largest absolute Gasteiger partial charge is 0.493 e. The van der Waals surface area contributed by atoms with Crippen LogP contribution in [0.1, 0.15) is 32.4 Å². The third kappa shape index (κ3) is 3.55. The maximum atomic E-state index is 9.67. The van der Waals surface area contributed by atoms with Gasteiger partial charge in [0.15, 0.2) is 0 Å². The molecular formula is C17H25N3O. The normalized spacial score (nSPS) is 21.7. The first-order valence-electron chi connectivity index (χ1n) is 7.80. The van der Waals surface area contributed by atoms with Crippen molar-refractivity contribution in [2.24, 2.45) is 0 Å². The monoisotopic (exact) mass is 287 g/mol.